The van der Waals surface area contributed by atoms with Gasteiger partial charge in [0.2, 0.25) is 5.91 Å². The summed E-state index contributed by atoms with van der Waals surface area (Å²) in [6.07, 6.45) is -0.807. The predicted octanol–water partition coefficient (Wildman–Crippen LogP) is 6.85. The number of hydrogen-bond acceptors (Lipinski definition) is 6. The molecule has 4 aromatic carbocycles. The summed E-state index contributed by atoms with van der Waals surface area (Å²) in [5.74, 6) is 0.737. The van der Waals surface area contributed by atoms with Gasteiger partial charge in [0.15, 0.2) is 6.29 Å². The summed E-state index contributed by atoms with van der Waals surface area (Å²) in [7, 11) is 0. The van der Waals surface area contributed by atoms with Crippen molar-refractivity contribution in [3.05, 3.63) is 119 Å². The smallest absolute Gasteiger partial charge is 0.221 e. The van der Waals surface area contributed by atoms with E-state index in [1.165, 1.54) is 6.92 Å². The van der Waals surface area contributed by atoms with Crippen molar-refractivity contribution >= 4 is 23.4 Å². The number of ether oxygens (including phenoxy) is 2. The first kappa shape index (κ1) is 29.0. The molecule has 4 atom stereocenters. The van der Waals surface area contributed by atoms with Gasteiger partial charge < -0.3 is 25.6 Å². The van der Waals surface area contributed by atoms with E-state index >= 15 is 0 Å². The summed E-state index contributed by atoms with van der Waals surface area (Å²) < 4.78 is 13.3. The Bertz CT molecular complexity index is 1460. The van der Waals surface area contributed by atoms with Crippen molar-refractivity contribution in [2.75, 3.05) is 11.1 Å². The van der Waals surface area contributed by atoms with Crippen LogP contribution in [0.3, 0.4) is 0 Å². The van der Waals surface area contributed by atoms with E-state index in [1.54, 1.807) is 11.8 Å². The van der Waals surface area contributed by atoms with Gasteiger partial charge >= 0.3 is 0 Å². The lowest BCUT2D eigenvalue weighted by molar-refractivity contribution is -0.268. The number of carbonyl (C=O) groups is 1. The Labute approximate surface area is 245 Å². The number of benzene rings is 4. The molecule has 0 saturated carbocycles. The fraction of sp³-hybridized carbons (Fsp3) is 0.265. The van der Waals surface area contributed by atoms with E-state index < -0.39 is 6.29 Å². The fourth-order valence-electron chi connectivity index (χ4n) is 5.07. The van der Waals surface area contributed by atoms with Gasteiger partial charge in [-0.1, -0.05) is 67.6 Å². The van der Waals surface area contributed by atoms with Crippen LogP contribution in [-0.4, -0.2) is 22.9 Å². The van der Waals surface area contributed by atoms with Crippen LogP contribution < -0.4 is 11.1 Å². The van der Waals surface area contributed by atoms with Gasteiger partial charge in [-0.25, -0.2) is 0 Å². The van der Waals surface area contributed by atoms with Gasteiger partial charge in [0.05, 0.1) is 18.8 Å². The Hall–Kier alpha value is -3.46. The monoisotopic (exact) mass is 568 g/mol. The second-order valence-corrected chi connectivity index (χ2v) is 11.5. The highest BCUT2D eigenvalue weighted by Crippen LogP contribution is 2.43. The maximum atomic E-state index is 11.4. The van der Waals surface area contributed by atoms with E-state index in [1.807, 2.05) is 72.8 Å². The van der Waals surface area contributed by atoms with E-state index in [0.29, 0.717) is 6.54 Å². The first-order valence-electron chi connectivity index (χ1n) is 13.8. The van der Waals surface area contributed by atoms with E-state index in [9.17, 15) is 9.90 Å². The Kier molecular flexibility index (Phi) is 9.54. The van der Waals surface area contributed by atoms with Gasteiger partial charge in [0.1, 0.15) is 0 Å². The molecule has 0 unspecified atom stereocenters. The van der Waals surface area contributed by atoms with Crippen LogP contribution in [0.1, 0.15) is 48.5 Å². The van der Waals surface area contributed by atoms with Gasteiger partial charge in [-0.15, -0.1) is 11.8 Å². The largest absolute Gasteiger partial charge is 0.392 e. The van der Waals surface area contributed by atoms with Gasteiger partial charge in [0.25, 0.3) is 0 Å². The third-order valence-electron chi connectivity index (χ3n) is 7.37. The number of hydrogen-bond donors (Lipinski definition) is 3. The van der Waals surface area contributed by atoms with Crippen molar-refractivity contribution in [3.8, 4) is 11.1 Å². The number of rotatable bonds is 9. The van der Waals surface area contributed by atoms with Crippen molar-refractivity contribution in [3.63, 3.8) is 0 Å². The summed E-state index contributed by atoms with van der Waals surface area (Å²) in [6, 6.07) is 32.4. The lowest BCUT2D eigenvalue weighted by atomic mass is 9.91. The normalized spacial score (nSPS) is 20.5. The van der Waals surface area contributed by atoms with Gasteiger partial charge in [-0.3, -0.25) is 4.79 Å². The number of aliphatic hydroxyl groups is 1. The number of anilines is 1. The molecule has 0 aliphatic carbocycles. The number of amides is 1. The Morgan fingerprint density at radius 2 is 1.59 bits per heavy atom. The SMILES string of the molecule is CC(=O)Nc1ccc(SC[C@@H]2O[C@H](c3cccc(-c4cccc(CN)c4)c3)O[C@H](c3ccc(CO)cc3)[C@@H]2C)cc1. The first-order valence-corrected chi connectivity index (χ1v) is 14.8. The lowest BCUT2D eigenvalue weighted by Gasteiger charge is -2.41. The van der Waals surface area contributed by atoms with E-state index in [2.05, 4.69) is 36.5 Å². The number of nitrogens with one attached hydrogen (secondary N) is 1. The molecule has 41 heavy (non-hydrogen) atoms. The first-order chi connectivity index (χ1) is 19.9. The van der Waals surface area contributed by atoms with Gasteiger partial charge in [-0.2, -0.15) is 0 Å². The molecule has 1 fully saturated rings. The minimum absolute atomic E-state index is 0.00519. The highest BCUT2D eigenvalue weighted by atomic mass is 32.2. The maximum Gasteiger partial charge on any atom is 0.221 e. The summed E-state index contributed by atoms with van der Waals surface area (Å²) in [5.41, 5.74) is 12.8. The van der Waals surface area contributed by atoms with Crippen LogP contribution in [0.2, 0.25) is 0 Å². The number of thioether (sulfide) groups is 1. The summed E-state index contributed by atoms with van der Waals surface area (Å²) in [5, 5.41) is 12.3. The second kappa shape index (κ2) is 13.5. The quantitative estimate of drug-likeness (QED) is 0.191. The standard InChI is InChI=1S/C34H36N2O4S/c1-22-32(21-41-31-15-13-30(14-16-31)36-23(2)38)39-34(40-33(22)26-11-9-24(20-37)10-12-26)29-8-4-7-28(18-29)27-6-3-5-25(17-27)19-35/h3-18,22,32-34,37H,19-21,35H2,1-2H3,(H,36,38)/t22-,32+,33+,34+/m1/s1. The zero-order valence-electron chi connectivity index (χ0n) is 23.3. The molecule has 0 bridgehead atoms. The molecule has 212 valence electrons. The summed E-state index contributed by atoms with van der Waals surface area (Å²) in [6.45, 7) is 4.17. The number of aliphatic hydroxyl groups excluding tert-OH is 1. The third-order valence-corrected chi connectivity index (χ3v) is 8.47. The summed E-state index contributed by atoms with van der Waals surface area (Å²) in [4.78, 5) is 12.5. The van der Waals surface area contributed by atoms with Crippen LogP contribution in [0.25, 0.3) is 11.1 Å². The third kappa shape index (κ3) is 7.25. The predicted molar refractivity (Wildman–Crippen MR) is 164 cm³/mol. The minimum Gasteiger partial charge on any atom is -0.392 e. The average molecular weight is 569 g/mol. The highest BCUT2D eigenvalue weighted by molar-refractivity contribution is 7.99. The molecular weight excluding hydrogens is 532 g/mol. The molecule has 1 heterocycles. The van der Waals surface area contributed by atoms with Crippen LogP contribution >= 0.6 is 11.8 Å². The molecule has 0 radical (unpaired) electrons. The molecule has 7 heteroatoms. The molecule has 0 aromatic heterocycles. The maximum absolute atomic E-state index is 11.4. The van der Waals surface area contributed by atoms with Crippen LogP contribution in [-0.2, 0) is 27.4 Å². The molecule has 1 aliphatic rings. The van der Waals surface area contributed by atoms with Crippen molar-refractivity contribution in [1.82, 2.24) is 0 Å². The second-order valence-electron chi connectivity index (χ2n) is 10.4. The lowest BCUT2D eigenvalue weighted by Crippen LogP contribution is -2.38. The van der Waals surface area contributed by atoms with Crippen molar-refractivity contribution in [2.45, 2.75) is 50.4 Å². The number of carbonyl (C=O) groups excluding carboxylic acids is 1. The Balaban J connectivity index is 1.40. The van der Waals surface area contributed by atoms with Crippen molar-refractivity contribution in [1.29, 1.82) is 0 Å². The average Bonchev–Trinajstić information content (AvgIpc) is 3.01. The Morgan fingerprint density at radius 3 is 2.27 bits per heavy atom. The van der Waals surface area contributed by atoms with E-state index in [-0.39, 0.29) is 30.6 Å². The van der Waals surface area contributed by atoms with Crippen molar-refractivity contribution < 1.29 is 19.4 Å². The minimum atomic E-state index is -0.542. The zero-order valence-corrected chi connectivity index (χ0v) is 24.1. The molecule has 1 aliphatic heterocycles. The molecular formula is C34H36N2O4S. The molecule has 1 amide bonds. The van der Waals surface area contributed by atoms with Crippen molar-refractivity contribution in [2.24, 2.45) is 11.7 Å². The van der Waals surface area contributed by atoms with Gasteiger partial charge in [-0.05, 0) is 64.2 Å². The topological polar surface area (TPSA) is 93.8 Å². The molecule has 4 aromatic rings. The molecule has 4 N–H and O–H groups in total. The van der Waals surface area contributed by atoms with Crippen LogP contribution in [0.4, 0.5) is 5.69 Å². The molecule has 1 saturated heterocycles. The fourth-order valence-corrected chi connectivity index (χ4v) is 6.14. The van der Waals surface area contributed by atoms with Crippen LogP contribution in [0.5, 0.6) is 0 Å². The zero-order chi connectivity index (χ0) is 28.8. The van der Waals surface area contributed by atoms with E-state index in [0.717, 1.165) is 49.7 Å². The Morgan fingerprint density at radius 1 is 0.878 bits per heavy atom. The van der Waals surface area contributed by atoms with Gasteiger partial charge in [0, 0.05) is 41.3 Å². The highest BCUT2D eigenvalue weighted by Gasteiger charge is 2.38. The van der Waals surface area contributed by atoms with E-state index in [4.69, 9.17) is 15.2 Å². The molecule has 0 spiro atoms. The molecule has 6 nitrogen and oxygen atoms in total. The summed E-state index contributed by atoms with van der Waals surface area (Å²) >= 11 is 1.72. The number of nitrogens with two attached hydrogens (primary N) is 1. The molecule has 5 rings (SSSR count). The van der Waals surface area contributed by atoms with Crippen LogP contribution in [0, 0.1) is 5.92 Å². The van der Waals surface area contributed by atoms with Crippen LogP contribution in [0.15, 0.2) is 102 Å².